The Bertz CT molecular complexity index is 798. The Labute approximate surface area is 124 Å². The summed E-state index contributed by atoms with van der Waals surface area (Å²) in [6.07, 6.45) is 0. The van der Waals surface area contributed by atoms with Crippen molar-refractivity contribution in [1.29, 1.82) is 0 Å². The van der Waals surface area contributed by atoms with Crippen LogP contribution >= 0.6 is 11.3 Å². The largest absolute Gasteiger partial charge is 0.323 e. The number of anilines is 2. The lowest BCUT2D eigenvalue weighted by atomic mass is 10.3. The van der Waals surface area contributed by atoms with Gasteiger partial charge in [0.1, 0.15) is 5.82 Å². The van der Waals surface area contributed by atoms with Crippen LogP contribution in [0.15, 0.2) is 42.5 Å². The third kappa shape index (κ3) is 3.17. The number of amides is 2. The molecule has 0 aliphatic carbocycles. The molecule has 1 heterocycles. The maximum Gasteiger partial charge on any atom is 0.323 e. The van der Waals surface area contributed by atoms with Crippen molar-refractivity contribution in [2.24, 2.45) is 0 Å². The molecule has 2 amide bonds. The molecule has 21 heavy (non-hydrogen) atoms. The number of urea groups is 1. The van der Waals surface area contributed by atoms with Gasteiger partial charge in [-0.05, 0) is 49.4 Å². The molecule has 3 rings (SSSR count). The third-order valence-electron chi connectivity index (χ3n) is 2.85. The molecule has 0 saturated carbocycles. The van der Waals surface area contributed by atoms with Crippen LogP contribution in [-0.4, -0.2) is 11.0 Å². The Morgan fingerprint density at radius 1 is 1.10 bits per heavy atom. The van der Waals surface area contributed by atoms with Gasteiger partial charge in [-0.15, -0.1) is 11.3 Å². The monoisotopic (exact) mass is 301 g/mol. The molecule has 0 radical (unpaired) electrons. The second-order valence-corrected chi connectivity index (χ2v) is 5.74. The highest BCUT2D eigenvalue weighted by Gasteiger charge is 2.05. The van der Waals surface area contributed by atoms with Crippen molar-refractivity contribution in [3.63, 3.8) is 0 Å². The Hall–Kier alpha value is -2.47. The average molecular weight is 301 g/mol. The number of benzene rings is 2. The van der Waals surface area contributed by atoms with Crippen LogP contribution in [0.5, 0.6) is 0 Å². The van der Waals surface area contributed by atoms with Crippen LogP contribution in [-0.2, 0) is 0 Å². The molecule has 4 nitrogen and oxygen atoms in total. The first-order valence-corrected chi connectivity index (χ1v) is 7.12. The van der Waals surface area contributed by atoms with Crippen molar-refractivity contribution in [3.8, 4) is 0 Å². The summed E-state index contributed by atoms with van der Waals surface area (Å²) in [6.45, 7) is 1.94. The molecular weight excluding hydrogens is 289 g/mol. The first-order valence-electron chi connectivity index (χ1n) is 6.31. The van der Waals surface area contributed by atoms with Gasteiger partial charge in [0.25, 0.3) is 0 Å². The molecule has 0 bridgehead atoms. The topological polar surface area (TPSA) is 54.0 Å². The zero-order valence-electron chi connectivity index (χ0n) is 11.2. The van der Waals surface area contributed by atoms with Crippen LogP contribution < -0.4 is 10.6 Å². The Morgan fingerprint density at radius 2 is 1.76 bits per heavy atom. The molecule has 0 aliphatic rings. The summed E-state index contributed by atoms with van der Waals surface area (Å²) in [6, 6.07) is 10.8. The highest BCUT2D eigenvalue weighted by Crippen LogP contribution is 2.24. The predicted molar refractivity (Wildman–Crippen MR) is 83.4 cm³/mol. The Kier molecular flexibility index (Phi) is 3.53. The zero-order chi connectivity index (χ0) is 14.8. The second-order valence-electron chi connectivity index (χ2n) is 4.50. The smallest absolute Gasteiger partial charge is 0.308 e. The van der Waals surface area contributed by atoms with Crippen molar-refractivity contribution in [3.05, 3.63) is 53.3 Å². The minimum Gasteiger partial charge on any atom is -0.308 e. The number of thiazole rings is 1. The van der Waals surface area contributed by atoms with Gasteiger partial charge >= 0.3 is 6.03 Å². The Balaban J connectivity index is 1.71. The second kappa shape index (κ2) is 5.49. The van der Waals surface area contributed by atoms with E-state index in [0.717, 1.165) is 15.2 Å². The van der Waals surface area contributed by atoms with Gasteiger partial charge in [0.2, 0.25) is 0 Å². The summed E-state index contributed by atoms with van der Waals surface area (Å²) in [5, 5.41) is 6.35. The summed E-state index contributed by atoms with van der Waals surface area (Å²) < 4.78 is 13.9. The van der Waals surface area contributed by atoms with E-state index in [1.165, 1.54) is 24.3 Å². The van der Waals surface area contributed by atoms with Crippen LogP contribution in [0.1, 0.15) is 5.01 Å². The summed E-state index contributed by atoms with van der Waals surface area (Å²) in [7, 11) is 0. The molecule has 0 aliphatic heterocycles. The molecule has 0 spiro atoms. The average Bonchev–Trinajstić information content (AvgIpc) is 2.80. The molecule has 2 aromatic carbocycles. The van der Waals surface area contributed by atoms with Crippen molar-refractivity contribution in [2.45, 2.75) is 6.92 Å². The number of nitrogens with zero attached hydrogens (tertiary/aromatic N) is 1. The van der Waals surface area contributed by atoms with Gasteiger partial charge in [0, 0.05) is 11.4 Å². The van der Waals surface area contributed by atoms with E-state index >= 15 is 0 Å². The van der Waals surface area contributed by atoms with Crippen LogP contribution in [0.3, 0.4) is 0 Å². The minimum atomic E-state index is -0.382. The molecule has 6 heteroatoms. The lowest BCUT2D eigenvalue weighted by molar-refractivity contribution is 0.262. The number of carbonyl (C=O) groups is 1. The first-order chi connectivity index (χ1) is 10.1. The summed E-state index contributed by atoms with van der Waals surface area (Å²) in [4.78, 5) is 16.3. The fourth-order valence-electron chi connectivity index (χ4n) is 1.95. The number of halogens is 1. The van der Waals surface area contributed by atoms with E-state index in [9.17, 15) is 9.18 Å². The molecule has 1 aromatic heterocycles. The molecule has 106 valence electrons. The maximum absolute atomic E-state index is 12.8. The number of fused-ring (bicyclic) bond motifs is 1. The van der Waals surface area contributed by atoms with Crippen LogP contribution in [0.25, 0.3) is 10.2 Å². The first kappa shape index (κ1) is 13.5. The van der Waals surface area contributed by atoms with E-state index < -0.39 is 0 Å². The number of carbonyl (C=O) groups excluding carboxylic acids is 1. The van der Waals surface area contributed by atoms with Gasteiger partial charge in [-0.1, -0.05) is 0 Å². The number of hydrogen-bond donors (Lipinski definition) is 2. The third-order valence-corrected chi connectivity index (χ3v) is 3.81. The van der Waals surface area contributed by atoms with Gasteiger partial charge < -0.3 is 10.6 Å². The molecule has 3 aromatic rings. The van der Waals surface area contributed by atoms with E-state index in [4.69, 9.17) is 0 Å². The quantitative estimate of drug-likeness (QED) is 0.737. The van der Waals surface area contributed by atoms with E-state index in [1.54, 1.807) is 11.3 Å². The van der Waals surface area contributed by atoms with Gasteiger partial charge in [-0.3, -0.25) is 0 Å². The maximum atomic E-state index is 12.8. The highest BCUT2D eigenvalue weighted by atomic mass is 32.1. The van der Waals surface area contributed by atoms with E-state index in [1.807, 2.05) is 25.1 Å². The lowest BCUT2D eigenvalue weighted by Crippen LogP contribution is -2.19. The number of aryl methyl sites for hydroxylation is 1. The van der Waals surface area contributed by atoms with Crippen LogP contribution in [0.4, 0.5) is 20.6 Å². The van der Waals surface area contributed by atoms with Gasteiger partial charge in [0.15, 0.2) is 0 Å². The standard InChI is InChI=1S/C15H12FN3OS/c1-9-17-13-8-12(6-7-14(13)21-9)19-15(20)18-11-4-2-10(16)3-5-11/h2-8H,1H3,(H2,18,19,20). The zero-order valence-corrected chi connectivity index (χ0v) is 12.0. The van der Waals surface area contributed by atoms with Crippen molar-refractivity contribution >= 4 is 39.0 Å². The van der Waals surface area contributed by atoms with Crippen molar-refractivity contribution < 1.29 is 9.18 Å². The predicted octanol–water partition coefficient (Wildman–Crippen LogP) is 4.39. The van der Waals surface area contributed by atoms with Crippen molar-refractivity contribution in [1.82, 2.24) is 4.98 Å². The lowest BCUT2D eigenvalue weighted by Gasteiger charge is -2.07. The molecule has 0 atom stereocenters. The Morgan fingerprint density at radius 3 is 2.52 bits per heavy atom. The molecule has 0 fully saturated rings. The van der Waals surface area contributed by atoms with E-state index in [2.05, 4.69) is 15.6 Å². The minimum absolute atomic E-state index is 0.342. The summed E-state index contributed by atoms with van der Waals surface area (Å²) in [5.74, 6) is -0.342. The van der Waals surface area contributed by atoms with Gasteiger partial charge in [-0.25, -0.2) is 14.2 Å². The van der Waals surface area contributed by atoms with Gasteiger partial charge in [0.05, 0.1) is 15.2 Å². The summed E-state index contributed by atoms with van der Waals surface area (Å²) >= 11 is 1.61. The van der Waals surface area contributed by atoms with Crippen LogP contribution in [0, 0.1) is 12.7 Å². The van der Waals surface area contributed by atoms with E-state index in [0.29, 0.717) is 11.4 Å². The SMILES string of the molecule is Cc1nc2cc(NC(=O)Nc3ccc(F)cc3)ccc2s1. The number of hydrogen-bond acceptors (Lipinski definition) is 3. The summed E-state index contributed by atoms with van der Waals surface area (Å²) in [5.41, 5.74) is 2.05. The fourth-order valence-corrected chi connectivity index (χ4v) is 2.75. The number of rotatable bonds is 2. The number of aromatic nitrogens is 1. The fraction of sp³-hybridized carbons (Fsp3) is 0.0667. The molecular formula is C15H12FN3OS. The van der Waals surface area contributed by atoms with Crippen LogP contribution in [0.2, 0.25) is 0 Å². The highest BCUT2D eigenvalue weighted by molar-refractivity contribution is 7.18. The molecule has 0 unspecified atom stereocenters. The number of nitrogens with one attached hydrogen (secondary N) is 2. The molecule has 0 saturated heterocycles. The van der Waals surface area contributed by atoms with Crippen molar-refractivity contribution in [2.75, 3.05) is 10.6 Å². The normalized spacial score (nSPS) is 10.6. The molecule has 2 N–H and O–H groups in total. The van der Waals surface area contributed by atoms with E-state index in [-0.39, 0.29) is 11.8 Å². The van der Waals surface area contributed by atoms with Gasteiger partial charge in [-0.2, -0.15) is 0 Å².